The fraction of sp³-hybridized carbons (Fsp3) is 0.158. The summed E-state index contributed by atoms with van der Waals surface area (Å²) >= 11 is 1.79. The van der Waals surface area contributed by atoms with Crippen LogP contribution in [0.5, 0.6) is 0 Å². The minimum Gasteiger partial charge on any atom is -0.374 e. The maximum absolute atomic E-state index is 4.26. The first-order valence-electron chi connectivity index (χ1n) is 8.25. The number of hydrogen-bond acceptors (Lipinski definition) is 4. The Morgan fingerprint density at radius 3 is 2.76 bits per heavy atom. The smallest absolute Gasteiger partial charge is 0.161 e. The van der Waals surface area contributed by atoms with Crippen molar-refractivity contribution in [1.29, 1.82) is 0 Å². The number of nitrogens with one attached hydrogen (secondary N) is 1. The topological polar surface area (TPSA) is 47.2 Å². The summed E-state index contributed by atoms with van der Waals surface area (Å²) in [7, 11) is 0. The third-order valence-electron chi connectivity index (χ3n) is 4.61. The zero-order valence-corrected chi connectivity index (χ0v) is 14.6. The van der Waals surface area contributed by atoms with Crippen LogP contribution < -0.4 is 5.32 Å². The molecule has 1 N–H and O–H groups in total. The fourth-order valence-corrected chi connectivity index (χ4v) is 4.13. The van der Waals surface area contributed by atoms with Crippen molar-refractivity contribution in [1.82, 2.24) is 24.5 Å². The molecule has 4 aromatic rings. The molecule has 5 rings (SSSR count). The van der Waals surface area contributed by atoms with Crippen LogP contribution in [-0.2, 0) is 6.54 Å². The van der Waals surface area contributed by atoms with Crippen LogP contribution in [0.3, 0.4) is 0 Å². The Kier molecular flexibility index (Phi) is 3.31. The second kappa shape index (κ2) is 5.67. The van der Waals surface area contributed by atoms with Crippen LogP contribution in [0.4, 0.5) is 0 Å². The zero-order valence-electron chi connectivity index (χ0n) is 13.8. The molecule has 124 valence electrons. The molecular weight excluding hydrogens is 330 g/mol. The fourth-order valence-electron chi connectivity index (χ4n) is 3.44. The van der Waals surface area contributed by atoms with Crippen molar-refractivity contribution in [2.24, 2.45) is 0 Å². The molecule has 1 aliphatic heterocycles. The van der Waals surface area contributed by atoms with E-state index in [4.69, 9.17) is 0 Å². The zero-order chi connectivity index (χ0) is 16.8. The molecule has 5 nitrogen and oxygen atoms in total. The SMILES string of the molecule is Cc1nnc2ccc3c(cc(C4=CSCN4)n3Cc3ccccc3)n12. The summed E-state index contributed by atoms with van der Waals surface area (Å²) in [6.07, 6.45) is 0. The molecule has 6 heteroatoms. The van der Waals surface area contributed by atoms with Crippen LogP contribution >= 0.6 is 11.8 Å². The summed E-state index contributed by atoms with van der Waals surface area (Å²) in [6.45, 7) is 2.83. The molecule has 1 aromatic carbocycles. The predicted octanol–water partition coefficient (Wildman–Crippen LogP) is 3.63. The molecule has 0 atom stereocenters. The van der Waals surface area contributed by atoms with Crippen LogP contribution in [-0.4, -0.2) is 25.0 Å². The molecule has 1 aliphatic rings. The summed E-state index contributed by atoms with van der Waals surface area (Å²) in [5.74, 6) is 1.83. The van der Waals surface area contributed by atoms with Gasteiger partial charge < -0.3 is 9.88 Å². The third-order valence-corrected chi connectivity index (χ3v) is 5.32. The normalized spacial score (nSPS) is 14.2. The first-order chi connectivity index (χ1) is 12.3. The molecule has 4 heterocycles. The second-order valence-electron chi connectivity index (χ2n) is 6.17. The van der Waals surface area contributed by atoms with E-state index in [1.54, 1.807) is 11.8 Å². The van der Waals surface area contributed by atoms with E-state index in [2.05, 4.69) is 72.4 Å². The molecule has 0 spiro atoms. The summed E-state index contributed by atoms with van der Waals surface area (Å²) in [5, 5.41) is 14.2. The van der Waals surface area contributed by atoms with E-state index in [1.165, 1.54) is 22.5 Å². The lowest BCUT2D eigenvalue weighted by molar-refractivity contribution is 0.815. The van der Waals surface area contributed by atoms with Crippen molar-refractivity contribution in [2.75, 3.05) is 5.88 Å². The van der Waals surface area contributed by atoms with Crippen LogP contribution in [0.25, 0.3) is 22.4 Å². The van der Waals surface area contributed by atoms with E-state index < -0.39 is 0 Å². The van der Waals surface area contributed by atoms with Gasteiger partial charge in [-0.25, -0.2) is 0 Å². The molecule has 0 aliphatic carbocycles. The maximum atomic E-state index is 4.26. The summed E-state index contributed by atoms with van der Waals surface area (Å²) < 4.78 is 4.50. The van der Waals surface area contributed by atoms with Gasteiger partial charge in [0.15, 0.2) is 5.65 Å². The molecule has 0 fully saturated rings. The van der Waals surface area contributed by atoms with E-state index in [1.807, 2.05) is 13.0 Å². The van der Waals surface area contributed by atoms with Gasteiger partial charge in [-0.1, -0.05) is 30.3 Å². The molecule has 0 bridgehead atoms. The monoisotopic (exact) mass is 347 g/mol. The Morgan fingerprint density at radius 2 is 1.96 bits per heavy atom. The van der Waals surface area contributed by atoms with Gasteiger partial charge in [0.2, 0.25) is 0 Å². The lowest BCUT2D eigenvalue weighted by Crippen LogP contribution is -2.11. The Balaban J connectivity index is 1.78. The Bertz CT molecular complexity index is 1110. The minimum absolute atomic E-state index is 0.829. The number of hydrogen-bond donors (Lipinski definition) is 1. The van der Waals surface area contributed by atoms with Crippen LogP contribution in [0.1, 0.15) is 17.1 Å². The van der Waals surface area contributed by atoms with Crippen molar-refractivity contribution < 1.29 is 0 Å². The third kappa shape index (κ3) is 2.33. The summed E-state index contributed by atoms with van der Waals surface area (Å²) in [5.41, 5.74) is 6.88. The lowest BCUT2D eigenvalue weighted by atomic mass is 10.2. The largest absolute Gasteiger partial charge is 0.374 e. The standard InChI is InChI=1S/C19H17N5S/c1-13-21-22-19-8-7-16-18(24(13)19)9-17(15-11-25-12-20-15)23(16)10-14-5-3-2-4-6-14/h2-9,11,20H,10,12H2,1H3. The quantitative estimate of drug-likeness (QED) is 0.615. The number of thioether (sulfide) groups is 1. The second-order valence-corrected chi connectivity index (χ2v) is 7.02. The van der Waals surface area contributed by atoms with E-state index in [0.717, 1.165) is 29.4 Å². The molecule has 0 saturated carbocycles. The Morgan fingerprint density at radius 1 is 1.08 bits per heavy atom. The Labute approximate surface area is 149 Å². The molecule has 3 aromatic heterocycles. The van der Waals surface area contributed by atoms with E-state index in [9.17, 15) is 0 Å². The van der Waals surface area contributed by atoms with Crippen molar-refractivity contribution >= 4 is 34.1 Å². The van der Waals surface area contributed by atoms with Crippen LogP contribution in [0.15, 0.2) is 53.9 Å². The first-order valence-corrected chi connectivity index (χ1v) is 9.30. The highest BCUT2D eigenvalue weighted by atomic mass is 32.2. The molecular formula is C19H17N5S. The number of rotatable bonds is 3. The lowest BCUT2D eigenvalue weighted by Gasteiger charge is -2.12. The van der Waals surface area contributed by atoms with Gasteiger partial charge in [-0.2, -0.15) is 0 Å². The van der Waals surface area contributed by atoms with Gasteiger partial charge in [0, 0.05) is 6.54 Å². The summed E-state index contributed by atoms with van der Waals surface area (Å²) in [6, 6.07) is 17.0. The van der Waals surface area contributed by atoms with Crippen molar-refractivity contribution in [3.05, 3.63) is 71.0 Å². The number of aromatic nitrogens is 4. The van der Waals surface area contributed by atoms with Crippen molar-refractivity contribution in [3.8, 4) is 0 Å². The first kappa shape index (κ1) is 14.6. The van der Waals surface area contributed by atoms with Gasteiger partial charge in [-0.3, -0.25) is 4.40 Å². The average Bonchev–Trinajstić information content (AvgIpc) is 3.35. The maximum Gasteiger partial charge on any atom is 0.161 e. The van der Waals surface area contributed by atoms with Gasteiger partial charge in [0.1, 0.15) is 5.82 Å². The summed E-state index contributed by atoms with van der Waals surface area (Å²) in [4.78, 5) is 0. The number of fused-ring (bicyclic) bond motifs is 3. The average molecular weight is 347 g/mol. The van der Waals surface area contributed by atoms with Crippen molar-refractivity contribution in [3.63, 3.8) is 0 Å². The van der Waals surface area contributed by atoms with Crippen LogP contribution in [0, 0.1) is 6.92 Å². The van der Waals surface area contributed by atoms with Gasteiger partial charge in [-0.05, 0) is 36.1 Å². The van der Waals surface area contributed by atoms with Crippen molar-refractivity contribution in [2.45, 2.75) is 13.5 Å². The van der Waals surface area contributed by atoms with Gasteiger partial charge >= 0.3 is 0 Å². The highest BCUT2D eigenvalue weighted by molar-refractivity contribution is 8.02. The molecule has 0 saturated heterocycles. The Hall–Kier alpha value is -2.73. The van der Waals surface area contributed by atoms with Gasteiger partial charge in [0.25, 0.3) is 0 Å². The van der Waals surface area contributed by atoms with Gasteiger partial charge in [0.05, 0.1) is 28.3 Å². The number of pyridine rings is 1. The van der Waals surface area contributed by atoms with E-state index >= 15 is 0 Å². The minimum atomic E-state index is 0.829. The number of benzene rings is 1. The molecule has 0 radical (unpaired) electrons. The number of nitrogens with zero attached hydrogens (tertiary/aromatic N) is 4. The van der Waals surface area contributed by atoms with Crippen LogP contribution in [0.2, 0.25) is 0 Å². The molecule has 0 unspecified atom stereocenters. The predicted molar refractivity (Wildman–Crippen MR) is 102 cm³/mol. The van der Waals surface area contributed by atoms with E-state index in [-0.39, 0.29) is 0 Å². The molecule has 0 amide bonds. The highest BCUT2D eigenvalue weighted by Gasteiger charge is 2.18. The number of aryl methyl sites for hydroxylation is 1. The molecule has 25 heavy (non-hydrogen) atoms. The van der Waals surface area contributed by atoms with E-state index in [0.29, 0.717) is 0 Å². The highest BCUT2D eigenvalue weighted by Crippen LogP contribution is 2.30. The van der Waals surface area contributed by atoms with Gasteiger partial charge in [-0.15, -0.1) is 22.0 Å².